The monoisotopic (exact) mass is 518 g/mol. The Bertz CT molecular complexity index is 1090. The molecule has 0 radical (unpaired) electrons. The molecule has 0 spiro atoms. The molecule has 2 heterocycles. The molecule has 2 aliphatic heterocycles. The van der Waals surface area contributed by atoms with E-state index in [0.717, 1.165) is 30.3 Å². The van der Waals surface area contributed by atoms with Crippen molar-refractivity contribution >= 4 is 24.0 Å². The van der Waals surface area contributed by atoms with Crippen LogP contribution in [0.3, 0.4) is 0 Å². The van der Waals surface area contributed by atoms with Crippen molar-refractivity contribution in [1.29, 1.82) is 0 Å². The highest BCUT2D eigenvalue weighted by atomic mass is 16.2. The number of aldehydes is 1. The van der Waals surface area contributed by atoms with Crippen LogP contribution in [0.1, 0.15) is 49.7 Å². The van der Waals surface area contributed by atoms with Crippen LogP contribution in [0.4, 0.5) is 0 Å². The zero-order valence-electron chi connectivity index (χ0n) is 21.8. The smallest absolute Gasteiger partial charge is 0.246 e. The Hall–Kier alpha value is -3.52. The van der Waals surface area contributed by atoms with Crippen LogP contribution in [0, 0.1) is 0 Å². The number of hydrogen-bond acceptors (Lipinski definition) is 5. The molecule has 4 atom stereocenters. The van der Waals surface area contributed by atoms with Crippen molar-refractivity contribution in [2.24, 2.45) is 5.73 Å². The fourth-order valence-corrected chi connectivity index (χ4v) is 5.65. The predicted molar refractivity (Wildman–Crippen MR) is 145 cm³/mol. The van der Waals surface area contributed by atoms with Gasteiger partial charge in [-0.25, -0.2) is 0 Å². The van der Waals surface area contributed by atoms with Crippen LogP contribution in [-0.2, 0) is 32.0 Å². The van der Waals surface area contributed by atoms with Crippen LogP contribution >= 0.6 is 0 Å². The zero-order valence-corrected chi connectivity index (χ0v) is 21.8. The Labute approximate surface area is 224 Å². The topological polar surface area (TPSA) is 113 Å². The Balaban J connectivity index is 1.36. The summed E-state index contributed by atoms with van der Waals surface area (Å²) in [6.07, 6.45) is 4.96. The van der Waals surface area contributed by atoms with Gasteiger partial charge in [-0.3, -0.25) is 14.4 Å². The van der Waals surface area contributed by atoms with Gasteiger partial charge in [0, 0.05) is 38.0 Å². The lowest BCUT2D eigenvalue weighted by Gasteiger charge is -2.32. The molecule has 2 fully saturated rings. The first-order chi connectivity index (χ1) is 18.5. The fourth-order valence-electron chi connectivity index (χ4n) is 5.65. The van der Waals surface area contributed by atoms with Crippen molar-refractivity contribution in [2.75, 3.05) is 13.1 Å². The maximum absolute atomic E-state index is 13.6. The Kier molecular flexibility index (Phi) is 9.65. The van der Waals surface area contributed by atoms with Gasteiger partial charge in [-0.05, 0) is 49.7 Å². The van der Waals surface area contributed by atoms with Crippen molar-refractivity contribution in [2.45, 2.75) is 75.5 Å². The van der Waals surface area contributed by atoms with E-state index < -0.39 is 12.1 Å². The Morgan fingerprint density at radius 1 is 0.868 bits per heavy atom. The van der Waals surface area contributed by atoms with Crippen molar-refractivity contribution in [1.82, 2.24) is 15.1 Å². The molecule has 8 heteroatoms. The molecule has 4 unspecified atom stereocenters. The minimum Gasteiger partial charge on any atom is -0.351 e. The first-order valence-electron chi connectivity index (χ1n) is 13.6. The number of benzene rings is 2. The molecule has 0 bridgehead atoms. The van der Waals surface area contributed by atoms with Gasteiger partial charge in [-0.1, -0.05) is 60.7 Å². The van der Waals surface area contributed by atoms with Crippen LogP contribution in [0.15, 0.2) is 60.7 Å². The SMILES string of the molecule is NC(CC(=O)N1CCCC1C(=O)N1CCCC1C(=O)NC(CC=O)Cc1ccccc1)Cc1ccccc1. The number of amides is 3. The first kappa shape index (κ1) is 27.5. The van der Waals surface area contributed by atoms with Crippen molar-refractivity contribution in [3.63, 3.8) is 0 Å². The molecule has 3 N–H and O–H groups in total. The normalized spacial score (nSPS) is 20.7. The summed E-state index contributed by atoms with van der Waals surface area (Å²) in [5, 5.41) is 3.01. The summed E-state index contributed by atoms with van der Waals surface area (Å²) in [6.45, 7) is 1.01. The number of nitrogens with zero attached hydrogens (tertiary/aromatic N) is 2. The molecule has 8 nitrogen and oxygen atoms in total. The number of carbonyl (C=O) groups is 4. The molecule has 2 saturated heterocycles. The van der Waals surface area contributed by atoms with E-state index in [-0.39, 0.29) is 42.6 Å². The molecule has 3 amide bonds. The van der Waals surface area contributed by atoms with E-state index >= 15 is 0 Å². The lowest BCUT2D eigenvalue weighted by molar-refractivity contribution is -0.146. The van der Waals surface area contributed by atoms with Crippen molar-refractivity contribution in [3.8, 4) is 0 Å². The van der Waals surface area contributed by atoms with Crippen molar-refractivity contribution < 1.29 is 19.2 Å². The highest BCUT2D eigenvalue weighted by Crippen LogP contribution is 2.26. The third-order valence-corrected chi connectivity index (χ3v) is 7.53. The fraction of sp³-hybridized carbons (Fsp3) is 0.467. The standard InChI is InChI=1S/C30H38N4O4/c31-24(19-22-9-3-1-4-10-22)21-28(36)33-16-8-14-27(33)30(38)34-17-7-13-26(34)29(37)32-25(15-18-35)20-23-11-5-2-6-12-23/h1-6,9-12,18,24-27H,7-8,13-17,19-21,31H2,(H,32,37). The van der Waals surface area contributed by atoms with Crippen LogP contribution in [-0.4, -0.2) is 71.1 Å². The molecular weight excluding hydrogens is 480 g/mol. The molecule has 2 aromatic carbocycles. The number of rotatable bonds is 11. The second-order valence-corrected chi connectivity index (χ2v) is 10.4. The maximum Gasteiger partial charge on any atom is 0.246 e. The molecule has 38 heavy (non-hydrogen) atoms. The van der Waals surface area contributed by atoms with Gasteiger partial charge < -0.3 is 25.6 Å². The molecule has 0 aliphatic carbocycles. The minimum atomic E-state index is -0.592. The van der Waals surface area contributed by atoms with Gasteiger partial charge in [0.05, 0.1) is 0 Å². The highest BCUT2D eigenvalue weighted by Gasteiger charge is 2.42. The van der Waals surface area contributed by atoms with Gasteiger partial charge in [0.2, 0.25) is 17.7 Å². The van der Waals surface area contributed by atoms with E-state index in [2.05, 4.69) is 5.32 Å². The molecule has 2 aromatic rings. The summed E-state index contributed by atoms with van der Waals surface area (Å²) in [5.41, 5.74) is 8.39. The third kappa shape index (κ3) is 7.07. The molecule has 0 aromatic heterocycles. The van der Waals surface area contributed by atoms with Gasteiger partial charge in [-0.15, -0.1) is 0 Å². The first-order valence-corrected chi connectivity index (χ1v) is 13.6. The van der Waals surface area contributed by atoms with E-state index in [9.17, 15) is 19.2 Å². The number of nitrogens with one attached hydrogen (secondary N) is 1. The molecule has 202 valence electrons. The summed E-state index contributed by atoms with van der Waals surface area (Å²) < 4.78 is 0. The van der Waals surface area contributed by atoms with E-state index in [1.807, 2.05) is 60.7 Å². The van der Waals surface area contributed by atoms with Gasteiger partial charge in [0.15, 0.2) is 0 Å². The summed E-state index contributed by atoms with van der Waals surface area (Å²) in [4.78, 5) is 54.6. The molecule has 4 rings (SSSR count). The number of likely N-dealkylation sites (tertiary alicyclic amines) is 2. The van der Waals surface area contributed by atoms with E-state index in [0.29, 0.717) is 38.8 Å². The second kappa shape index (κ2) is 13.3. The number of nitrogens with two attached hydrogens (primary N) is 1. The van der Waals surface area contributed by atoms with Gasteiger partial charge in [0.25, 0.3) is 0 Å². The number of hydrogen-bond donors (Lipinski definition) is 2. The molecule has 0 saturated carbocycles. The van der Waals surface area contributed by atoms with Crippen LogP contribution < -0.4 is 11.1 Å². The maximum atomic E-state index is 13.6. The second-order valence-electron chi connectivity index (χ2n) is 10.4. The van der Waals surface area contributed by atoms with Crippen LogP contribution in [0.2, 0.25) is 0 Å². The van der Waals surface area contributed by atoms with Gasteiger partial charge in [-0.2, -0.15) is 0 Å². The summed E-state index contributed by atoms with van der Waals surface area (Å²) in [7, 11) is 0. The summed E-state index contributed by atoms with van der Waals surface area (Å²) >= 11 is 0. The van der Waals surface area contributed by atoms with Gasteiger partial charge >= 0.3 is 0 Å². The average Bonchev–Trinajstić information content (AvgIpc) is 3.60. The predicted octanol–water partition coefficient (Wildman–Crippen LogP) is 2.25. The minimum absolute atomic E-state index is 0.113. The Morgan fingerprint density at radius 2 is 1.45 bits per heavy atom. The summed E-state index contributed by atoms with van der Waals surface area (Å²) in [5.74, 6) is -0.516. The number of carbonyl (C=O) groups excluding carboxylic acids is 4. The molecule has 2 aliphatic rings. The Morgan fingerprint density at radius 3 is 2.08 bits per heavy atom. The lowest BCUT2D eigenvalue weighted by atomic mass is 10.0. The van der Waals surface area contributed by atoms with E-state index in [1.54, 1.807) is 9.80 Å². The highest BCUT2D eigenvalue weighted by molar-refractivity contribution is 5.93. The molecular formula is C30H38N4O4. The lowest BCUT2D eigenvalue weighted by Crippen LogP contribution is -2.54. The largest absolute Gasteiger partial charge is 0.351 e. The third-order valence-electron chi connectivity index (χ3n) is 7.53. The average molecular weight is 519 g/mol. The van der Waals surface area contributed by atoms with E-state index in [4.69, 9.17) is 5.73 Å². The van der Waals surface area contributed by atoms with Crippen LogP contribution in [0.25, 0.3) is 0 Å². The quantitative estimate of drug-likeness (QED) is 0.443. The van der Waals surface area contributed by atoms with Crippen molar-refractivity contribution in [3.05, 3.63) is 71.8 Å². The summed E-state index contributed by atoms with van der Waals surface area (Å²) in [6, 6.07) is 17.7. The zero-order chi connectivity index (χ0) is 26.9. The van der Waals surface area contributed by atoms with E-state index in [1.165, 1.54) is 0 Å². The van der Waals surface area contributed by atoms with Gasteiger partial charge in [0.1, 0.15) is 18.4 Å². The van der Waals surface area contributed by atoms with Crippen LogP contribution in [0.5, 0.6) is 0 Å².